The molecule has 0 saturated carbocycles. The topological polar surface area (TPSA) is 97.0 Å². The summed E-state index contributed by atoms with van der Waals surface area (Å²) in [4.78, 5) is 35.7. The second kappa shape index (κ2) is 7.07. The predicted molar refractivity (Wildman–Crippen MR) is 101 cm³/mol. The molecule has 3 aromatic heterocycles. The second-order valence-corrected chi connectivity index (χ2v) is 8.05. The van der Waals surface area contributed by atoms with E-state index in [0.717, 1.165) is 17.5 Å². The number of H-pyrrole nitrogens is 1. The molecule has 2 N–H and O–H groups in total. The molecular weight excluding hydrogens is 371 g/mol. The lowest BCUT2D eigenvalue weighted by Gasteiger charge is -2.21. The van der Waals surface area contributed by atoms with Crippen LogP contribution in [0.3, 0.4) is 0 Å². The fourth-order valence-electron chi connectivity index (χ4n) is 2.42. The molecule has 1 unspecified atom stereocenters. The third kappa shape index (κ3) is 4.30. The molecule has 0 radical (unpaired) electrons. The van der Waals surface area contributed by atoms with Crippen LogP contribution in [0.1, 0.15) is 39.6 Å². The van der Waals surface area contributed by atoms with Crippen LogP contribution in [0.2, 0.25) is 0 Å². The molecule has 0 spiro atoms. The minimum atomic E-state index is -0.633. The van der Waals surface area contributed by atoms with Crippen molar-refractivity contribution in [3.63, 3.8) is 0 Å². The summed E-state index contributed by atoms with van der Waals surface area (Å²) in [5.41, 5.74) is -0.193. The van der Waals surface area contributed by atoms with Gasteiger partial charge >= 0.3 is 6.09 Å². The SMILES string of the molecule is CC(NC(=O)OC(C)(C)C)c1nc2cc(-c3ccncc3F)sc2c(=O)[nH]1. The van der Waals surface area contributed by atoms with Crippen LogP contribution >= 0.6 is 11.3 Å². The minimum absolute atomic E-state index is 0.290. The van der Waals surface area contributed by atoms with Crippen LogP contribution in [0.15, 0.2) is 29.3 Å². The lowest BCUT2D eigenvalue weighted by atomic mass is 10.2. The first-order chi connectivity index (χ1) is 12.6. The molecule has 1 amide bonds. The maximum atomic E-state index is 14.0. The number of aromatic amines is 1. The second-order valence-electron chi connectivity index (χ2n) is 7.00. The molecule has 0 fully saturated rings. The van der Waals surface area contributed by atoms with Gasteiger partial charge in [-0.2, -0.15) is 0 Å². The summed E-state index contributed by atoms with van der Waals surface area (Å²) < 4.78 is 19.6. The quantitative estimate of drug-likeness (QED) is 0.709. The lowest BCUT2D eigenvalue weighted by molar-refractivity contribution is 0.0506. The highest BCUT2D eigenvalue weighted by Crippen LogP contribution is 2.32. The first-order valence-electron chi connectivity index (χ1n) is 8.27. The van der Waals surface area contributed by atoms with Crippen molar-refractivity contribution < 1.29 is 13.9 Å². The zero-order valence-corrected chi connectivity index (χ0v) is 16.1. The van der Waals surface area contributed by atoms with Gasteiger partial charge in [-0.25, -0.2) is 14.2 Å². The van der Waals surface area contributed by atoms with Crippen molar-refractivity contribution in [3.05, 3.63) is 46.5 Å². The Morgan fingerprint density at radius 2 is 2.15 bits per heavy atom. The van der Waals surface area contributed by atoms with Crippen LogP contribution in [-0.2, 0) is 4.74 Å². The number of rotatable bonds is 3. The van der Waals surface area contributed by atoms with Gasteiger partial charge in [0.25, 0.3) is 5.56 Å². The van der Waals surface area contributed by atoms with E-state index in [1.807, 2.05) is 0 Å². The fourth-order valence-corrected chi connectivity index (χ4v) is 3.44. The van der Waals surface area contributed by atoms with Gasteiger partial charge in [0.15, 0.2) is 0 Å². The van der Waals surface area contributed by atoms with E-state index >= 15 is 0 Å². The van der Waals surface area contributed by atoms with Crippen molar-refractivity contribution >= 4 is 27.6 Å². The summed E-state index contributed by atoms with van der Waals surface area (Å²) in [5.74, 6) is -0.182. The van der Waals surface area contributed by atoms with Crippen molar-refractivity contribution in [1.29, 1.82) is 0 Å². The number of amides is 1. The number of hydrogen-bond donors (Lipinski definition) is 2. The fraction of sp³-hybridized carbons (Fsp3) is 0.333. The third-order valence-corrected chi connectivity index (χ3v) is 4.74. The number of carbonyl (C=O) groups excluding carboxylic acids is 1. The highest BCUT2D eigenvalue weighted by molar-refractivity contribution is 7.22. The first kappa shape index (κ1) is 19.0. The zero-order chi connectivity index (χ0) is 19.8. The highest BCUT2D eigenvalue weighted by Gasteiger charge is 2.20. The van der Waals surface area contributed by atoms with E-state index in [0.29, 0.717) is 20.7 Å². The molecule has 0 aromatic carbocycles. The van der Waals surface area contributed by atoms with E-state index in [4.69, 9.17) is 4.74 Å². The summed E-state index contributed by atoms with van der Waals surface area (Å²) in [6, 6.07) is 2.62. The lowest BCUT2D eigenvalue weighted by Crippen LogP contribution is -2.35. The molecule has 0 aliphatic rings. The molecule has 3 rings (SSSR count). The Bertz CT molecular complexity index is 1050. The average molecular weight is 390 g/mol. The standard InChI is InChI=1S/C18H19FN4O3S/c1-9(21-17(25)26-18(2,3)4)15-22-12-7-13(27-14(12)16(24)23-15)10-5-6-20-8-11(10)19/h5-9H,1-4H3,(H,21,25)(H,22,23,24). The zero-order valence-electron chi connectivity index (χ0n) is 15.3. The Morgan fingerprint density at radius 1 is 1.41 bits per heavy atom. The first-order valence-corrected chi connectivity index (χ1v) is 9.09. The number of fused-ring (bicyclic) bond motifs is 1. The van der Waals surface area contributed by atoms with Crippen LogP contribution < -0.4 is 10.9 Å². The van der Waals surface area contributed by atoms with Crippen LogP contribution in [-0.4, -0.2) is 26.6 Å². The Labute approximate surface area is 158 Å². The van der Waals surface area contributed by atoms with E-state index < -0.39 is 23.6 Å². The smallest absolute Gasteiger partial charge is 0.408 e. The summed E-state index contributed by atoms with van der Waals surface area (Å²) in [7, 11) is 0. The number of ether oxygens (including phenoxy) is 1. The normalized spacial score (nSPS) is 12.8. The number of alkyl carbamates (subject to hydrolysis) is 1. The van der Waals surface area contributed by atoms with E-state index in [1.54, 1.807) is 39.8 Å². The molecule has 142 valence electrons. The number of nitrogens with one attached hydrogen (secondary N) is 2. The largest absolute Gasteiger partial charge is 0.444 e. The minimum Gasteiger partial charge on any atom is -0.444 e. The molecule has 3 heterocycles. The Kier molecular flexibility index (Phi) is 4.97. The molecule has 0 aliphatic heterocycles. The molecule has 0 aliphatic carbocycles. The van der Waals surface area contributed by atoms with Crippen LogP contribution in [0.25, 0.3) is 20.7 Å². The van der Waals surface area contributed by atoms with Gasteiger partial charge < -0.3 is 15.0 Å². The average Bonchev–Trinajstić information content (AvgIpc) is 2.97. The van der Waals surface area contributed by atoms with Gasteiger partial charge in [-0.15, -0.1) is 11.3 Å². The Hall–Kier alpha value is -2.81. The Morgan fingerprint density at radius 3 is 2.81 bits per heavy atom. The number of thiophene rings is 1. The van der Waals surface area contributed by atoms with E-state index in [2.05, 4.69) is 20.3 Å². The summed E-state index contributed by atoms with van der Waals surface area (Å²) in [5, 5.41) is 2.63. The maximum absolute atomic E-state index is 14.0. The van der Waals surface area contributed by atoms with Crippen molar-refractivity contribution in [2.24, 2.45) is 0 Å². The van der Waals surface area contributed by atoms with E-state index in [9.17, 15) is 14.0 Å². The Balaban J connectivity index is 1.92. The maximum Gasteiger partial charge on any atom is 0.408 e. The van der Waals surface area contributed by atoms with Gasteiger partial charge in [-0.3, -0.25) is 9.78 Å². The number of nitrogens with zero attached hydrogens (tertiary/aromatic N) is 2. The third-order valence-electron chi connectivity index (χ3n) is 3.58. The van der Waals surface area contributed by atoms with Gasteiger partial charge in [-0.1, -0.05) is 0 Å². The van der Waals surface area contributed by atoms with E-state index in [-0.39, 0.29) is 11.4 Å². The van der Waals surface area contributed by atoms with Crippen LogP contribution in [0.5, 0.6) is 0 Å². The van der Waals surface area contributed by atoms with Gasteiger partial charge in [0.05, 0.1) is 17.8 Å². The number of hydrogen-bond acceptors (Lipinski definition) is 6. The number of halogens is 1. The number of pyridine rings is 1. The van der Waals surface area contributed by atoms with Crippen molar-refractivity contribution in [2.75, 3.05) is 0 Å². The molecule has 7 nitrogen and oxygen atoms in total. The highest BCUT2D eigenvalue weighted by atomic mass is 32.1. The summed E-state index contributed by atoms with van der Waals surface area (Å²) in [6.45, 7) is 6.96. The van der Waals surface area contributed by atoms with Crippen LogP contribution in [0, 0.1) is 5.82 Å². The van der Waals surface area contributed by atoms with E-state index in [1.165, 1.54) is 6.20 Å². The molecular formula is C18H19FN4O3S. The van der Waals surface area contributed by atoms with Gasteiger partial charge in [0, 0.05) is 16.6 Å². The van der Waals surface area contributed by atoms with Gasteiger partial charge in [0.1, 0.15) is 21.9 Å². The van der Waals surface area contributed by atoms with Crippen LogP contribution in [0.4, 0.5) is 9.18 Å². The van der Waals surface area contributed by atoms with Crippen molar-refractivity contribution in [3.8, 4) is 10.4 Å². The molecule has 0 saturated heterocycles. The van der Waals surface area contributed by atoms with Crippen molar-refractivity contribution in [1.82, 2.24) is 20.3 Å². The van der Waals surface area contributed by atoms with Gasteiger partial charge in [0.2, 0.25) is 0 Å². The number of aromatic nitrogens is 3. The molecule has 9 heteroatoms. The number of carbonyl (C=O) groups is 1. The summed E-state index contributed by atoms with van der Waals surface area (Å²) >= 11 is 1.15. The molecule has 0 bridgehead atoms. The molecule has 3 aromatic rings. The molecule has 27 heavy (non-hydrogen) atoms. The monoisotopic (exact) mass is 390 g/mol. The molecule has 1 atom stereocenters. The predicted octanol–water partition coefficient (Wildman–Crippen LogP) is 3.77. The summed E-state index contributed by atoms with van der Waals surface area (Å²) in [6.07, 6.45) is 2.00. The van der Waals surface area contributed by atoms with Gasteiger partial charge in [-0.05, 0) is 39.8 Å². The van der Waals surface area contributed by atoms with Crippen molar-refractivity contribution in [2.45, 2.75) is 39.3 Å².